The van der Waals surface area contributed by atoms with Gasteiger partial charge in [0.25, 0.3) is 0 Å². The zero-order valence-corrected chi connectivity index (χ0v) is 16.3. The molecule has 2 aliphatic heterocycles. The summed E-state index contributed by atoms with van der Waals surface area (Å²) in [5, 5.41) is 6.32. The van der Waals surface area contributed by atoms with E-state index in [1.54, 1.807) is 0 Å². The van der Waals surface area contributed by atoms with Crippen molar-refractivity contribution in [3.63, 3.8) is 0 Å². The lowest BCUT2D eigenvalue weighted by atomic mass is 9.99. The van der Waals surface area contributed by atoms with Crippen LogP contribution in [0.1, 0.15) is 18.1 Å². The molecule has 0 N–H and O–H groups in total. The van der Waals surface area contributed by atoms with E-state index in [2.05, 4.69) is 102 Å². The van der Waals surface area contributed by atoms with Gasteiger partial charge in [0.2, 0.25) is 0 Å². The van der Waals surface area contributed by atoms with Gasteiger partial charge < -0.3 is 0 Å². The number of aryl methyl sites for hydroxylation is 1. The van der Waals surface area contributed by atoms with Gasteiger partial charge in [0, 0.05) is 10.9 Å². The lowest BCUT2D eigenvalue weighted by molar-refractivity contribution is 1.21. The van der Waals surface area contributed by atoms with Gasteiger partial charge >= 0.3 is 0 Å². The summed E-state index contributed by atoms with van der Waals surface area (Å²) in [6, 6.07) is 27.9. The van der Waals surface area contributed by atoms with Crippen LogP contribution in [0.5, 0.6) is 0 Å². The van der Waals surface area contributed by atoms with Gasteiger partial charge in [-0.25, -0.2) is 4.78 Å². The van der Waals surface area contributed by atoms with Crippen LogP contribution in [0, 0.1) is 6.92 Å². The van der Waals surface area contributed by atoms with Gasteiger partial charge in [-0.05, 0) is 49.8 Å². The van der Waals surface area contributed by atoms with Crippen molar-refractivity contribution in [2.45, 2.75) is 13.8 Å². The molecule has 0 bridgehead atoms. The number of hydrogen-bond donors (Lipinski definition) is 0. The maximum atomic E-state index is 5.04. The molecule has 0 radical (unpaired) electrons. The lowest BCUT2D eigenvalue weighted by Crippen LogP contribution is -2.29. The van der Waals surface area contributed by atoms with Gasteiger partial charge in [-0.2, -0.15) is 0 Å². The van der Waals surface area contributed by atoms with E-state index in [1.807, 2.05) is 6.07 Å². The number of fused-ring (bicyclic) bond motifs is 3. The first-order valence-corrected chi connectivity index (χ1v) is 10.4. The molecular formula is C23H20N3P. The summed E-state index contributed by atoms with van der Waals surface area (Å²) >= 11 is 0. The van der Waals surface area contributed by atoms with E-state index < -0.39 is 8.22 Å². The van der Waals surface area contributed by atoms with Gasteiger partial charge in [0.15, 0.2) is 14.1 Å². The van der Waals surface area contributed by atoms with E-state index in [1.165, 1.54) is 27.7 Å². The lowest BCUT2D eigenvalue weighted by Gasteiger charge is -2.34. The highest BCUT2D eigenvalue weighted by atomic mass is 31.1. The molecule has 0 aliphatic carbocycles. The number of hydrazone groups is 1. The van der Waals surface area contributed by atoms with Crippen LogP contribution in [0.3, 0.4) is 0 Å². The predicted octanol–water partition coefficient (Wildman–Crippen LogP) is 5.69. The third-order valence-electron chi connectivity index (χ3n) is 4.91. The Balaban J connectivity index is 1.72. The van der Waals surface area contributed by atoms with E-state index in [4.69, 9.17) is 5.10 Å². The molecule has 3 nitrogen and oxygen atoms in total. The smallest absolute Gasteiger partial charge is 0.159 e. The normalized spacial score (nSPS) is 17.9. The van der Waals surface area contributed by atoms with Crippen molar-refractivity contribution >= 4 is 36.3 Å². The molecule has 0 amide bonds. The van der Waals surface area contributed by atoms with Crippen molar-refractivity contribution in [1.29, 1.82) is 0 Å². The highest BCUT2D eigenvalue weighted by Crippen LogP contribution is 2.55. The molecule has 1 unspecified atom stereocenters. The van der Waals surface area contributed by atoms with Gasteiger partial charge in [-0.1, -0.05) is 60.2 Å². The number of benzene rings is 3. The van der Waals surface area contributed by atoms with E-state index in [-0.39, 0.29) is 0 Å². The minimum atomic E-state index is -0.834. The van der Waals surface area contributed by atoms with Crippen LogP contribution < -0.4 is 14.8 Å². The van der Waals surface area contributed by atoms with Crippen LogP contribution in [-0.4, -0.2) is 5.84 Å². The third kappa shape index (κ3) is 2.67. The van der Waals surface area contributed by atoms with E-state index in [0.717, 1.165) is 11.5 Å². The quantitative estimate of drug-likeness (QED) is 0.541. The molecule has 0 aromatic heterocycles. The maximum Gasteiger partial charge on any atom is 0.159 e. The fourth-order valence-electron chi connectivity index (χ4n) is 3.62. The first-order valence-electron chi connectivity index (χ1n) is 9.10. The Kier molecular flexibility index (Phi) is 3.84. The Labute approximate surface area is 161 Å². The third-order valence-corrected chi connectivity index (χ3v) is 7.15. The van der Waals surface area contributed by atoms with Crippen LogP contribution in [-0.2, 0) is 0 Å². The Bertz CT molecular complexity index is 1060. The summed E-state index contributed by atoms with van der Waals surface area (Å²) in [7, 11) is -0.834. The number of para-hydroxylation sites is 1. The van der Waals surface area contributed by atoms with Crippen LogP contribution in [0.25, 0.3) is 5.57 Å². The molecule has 3 aromatic carbocycles. The van der Waals surface area contributed by atoms with Crippen LogP contribution in [0.4, 0.5) is 11.4 Å². The molecule has 0 fully saturated rings. The summed E-state index contributed by atoms with van der Waals surface area (Å²) in [5.74, 6) is 1.02. The van der Waals surface area contributed by atoms with Crippen molar-refractivity contribution in [3.8, 4) is 0 Å². The highest BCUT2D eigenvalue weighted by Gasteiger charge is 2.40. The Morgan fingerprint density at radius 2 is 1.52 bits per heavy atom. The minimum Gasteiger partial charge on any atom is -0.280 e. The zero-order chi connectivity index (χ0) is 18.4. The molecule has 1 atom stereocenters. The van der Waals surface area contributed by atoms with Gasteiger partial charge in [-0.3, -0.25) is 4.67 Å². The molecular weight excluding hydrogens is 349 g/mol. The van der Waals surface area contributed by atoms with Crippen molar-refractivity contribution in [2.75, 3.05) is 9.45 Å². The molecule has 132 valence electrons. The molecule has 3 aromatic rings. The van der Waals surface area contributed by atoms with Gasteiger partial charge in [-0.15, -0.1) is 5.10 Å². The SMILES string of the molecule is CC1=CC2=NN(c3ccccc3)P(c3ccccc3)N2c2ccc(C)cc21. The molecule has 0 spiro atoms. The second-order valence-electron chi connectivity index (χ2n) is 6.87. The monoisotopic (exact) mass is 369 g/mol. The summed E-state index contributed by atoms with van der Waals surface area (Å²) in [5.41, 5.74) is 6.21. The molecule has 5 rings (SSSR count). The van der Waals surface area contributed by atoms with Crippen molar-refractivity contribution < 1.29 is 0 Å². The van der Waals surface area contributed by atoms with E-state index >= 15 is 0 Å². The minimum absolute atomic E-state index is 0.834. The van der Waals surface area contributed by atoms with E-state index in [0.29, 0.717) is 0 Å². The number of rotatable bonds is 2. The van der Waals surface area contributed by atoms with Crippen LogP contribution in [0.2, 0.25) is 0 Å². The average molecular weight is 369 g/mol. The fourth-order valence-corrected chi connectivity index (χ4v) is 5.87. The Morgan fingerprint density at radius 1 is 0.815 bits per heavy atom. The fraction of sp³-hybridized carbons (Fsp3) is 0.0870. The van der Waals surface area contributed by atoms with Crippen LogP contribution >= 0.6 is 8.22 Å². The first-order chi connectivity index (χ1) is 13.2. The summed E-state index contributed by atoms with van der Waals surface area (Å²) in [6.07, 6.45) is 2.21. The second-order valence-corrected chi connectivity index (χ2v) is 8.74. The molecule has 4 heteroatoms. The van der Waals surface area contributed by atoms with Gasteiger partial charge in [0.05, 0.1) is 11.4 Å². The van der Waals surface area contributed by atoms with Gasteiger partial charge in [0.1, 0.15) is 0 Å². The molecule has 0 saturated carbocycles. The second kappa shape index (κ2) is 6.37. The van der Waals surface area contributed by atoms with Crippen molar-refractivity contribution in [2.24, 2.45) is 5.10 Å². The summed E-state index contributed by atoms with van der Waals surface area (Å²) < 4.78 is 4.61. The number of amidine groups is 1. The highest BCUT2D eigenvalue weighted by molar-refractivity contribution is 7.70. The number of nitrogens with zero attached hydrogens (tertiary/aromatic N) is 3. The summed E-state index contributed by atoms with van der Waals surface area (Å²) in [4.78, 5) is 0. The molecule has 0 saturated heterocycles. The average Bonchev–Trinajstić information content (AvgIpc) is 3.09. The number of allylic oxidation sites excluding steroid dienone is 1. The Hall–Kier alpha value is -2.90. The molecule has 2 heterocycles. The predicted molar refractivity (Wildman–Crippen MR) is 117 cm³/mol. The van der Waals surface area contributed by atoms with E-state index in [9.17, 15) is 0 Å². The topological polar surface area (TPSA) is 18.8 Å². The number of hydrogen-bond acceptors (Lipinski definition) is 3. The molecule has 27 heavy (non-hydrogen) atoms. The largest absolute Gasteiger partial charge is 0.280 e. The van der Waals surface area contributed by atoms with Crippen molar-refractivity contribution in [3.05, 3.63) is 96.1 Å². The zero-order valence-electron chi connectivity index (χ0n) is 15.4. The van der Waals surface area contributed by atoms with Crippen molar-refractivity contribution in [1.82, 2.24) is 0 Å². The molecule has 2 aliphatic rings. The standard InChI is InChI=1S/C23H20N3P/c1-17-13-14-22-21(15-17)18(2)16-23-24-26(19-9-5-3-6-10-19)27(25(22)23)20-11-7-4-8-12-20/h3-16H,1-2H3. The Morgan fingerprint density at radius 3 is 2.26 bits per heavy atom. The van der Waals surface area contributed by atoms with Crippen LogP contribution in [0.15, 0.2) is 90.0 Å². The summed E-state index contributed by atoms with van der Waals surface area (Å²) in [6.45, 7) is 4.32. The maximum absolute atomic E-state index is 5.04. The number of anilines is 2. The first kappa shape index (κ1) is 16.3.